The van der Waals surface area contributed by atoms with Gasteiger partial charge in [-0.2, -0.15) is 5.26 Å². The van der Waals surface area contributed by atoms with Crippen molar-refractivity contribution >= 4 is 10.8 Å². The van der Waals surface area contributed by atoms with Crippen LogP contribution in [0.5, 0.6) is 5.75 Å². The van der Waals surface area contributed by atoms with Crippen molar-refractivity contribution in [2.24, 2.45) is 0 Å². The van der Waals surface area contributed by atoms with Gasteiger partial charge < -0.3 is 4.74 Å². The predicted molar refractivity (Wildman–Crippen MR) is 130 cm³/mol. The maximum Gasteiger partial charge on any atom is 0.141 e. The Balaban J connectivity index is 1.41. The Morgan fingerprint density at radius 2 is 1.68 bits per heavy atom. The molecule has 1 heterocycles. The molecular weight excluding hydrogens is 430 g/mol. The predicted octanol–water partition coefficient (Wildman–Crippen LogP) is 6.74. The number of nitriles is 1. The molecule has 0 atom stereocenters. The van der Waals surface area contributed by atoms with E-state index >= 15 is 4.39 Å². The van der Waals surface area contributed by atoms with Crippen LogP contribution < -0.4 is 4.74 Å². The van der Waals surface area contributed by atoms with Crippen molar-refractivity contribution in [3.05, 3.63) is 106 Å². The first-order chi connectivity index (χ1) is 16.6. The van der Waals surface area contributed by atoms with Crippen LogP contribution in [0.2, 0.25) is 0 Å². The van der Waals surface area contributed by atoms with Crippen molar-refractivity contribution in [3.63, 3.8) is 0 Å². The summed E-state index contributed by atoms with van der Waals surface area (Å²) in [5, 5.41) is 10.3. The van der Waals surface area contributed by atoms with Crippen LogP contribution in [0.25, 0.3) is 10.8 Å². The van der Waals surface area contributed by atoms with Gasteiger partial charge in [-0.25, -0.2) is 8.78 Å². The van der Waals surface area contributed by atoms with Gasteiger partial charge in [0.2, 0.25) is 0 Å². The minimum Gasteiger partial charge on any atom is -0.492 e. The summed E-state index contributed by atoms with van der Waals surface area (Å²) in [7, 11) is 0. The SMILES string of the molecule is CCCOc1ccc(CCc2ccc3c(F)c(CCc4ccc(C#N)c(F)c4)ccc3c2)nc1. The highest BCUT2D eigenvalue weighted by molar-refractivity contribution is 5.84. The molecule has 0 fully saturated rings. The number of aryl methyl sites for hydroxylation is 4. The van der Waals surface area contributed by atoms with Crippen LogP contribution >= 0.6 is 0 Å². The lowest BCUT2D eigenvalue weighted by Crippen LogP contribution is -1.99. The van der Waals surface area contributed by atoms with Gasteiger partial charge in [0.15, 0.2) is 0 Å². The van der Waals surface area contributed by atoms with Crippen LogP contribution in [0, 0.1) is 23.0 Å². The van der Waals surface area contributed by atoms with Crippen LogP contribution in [-0.4, -0.2) is 11.6 Å². The van der Waals surface area contributed by atoms with Gasteiger partial charge in [0, 0.05) is 11.1 Å². The largest absolute Gasteiger partial charge is 0.492 e. The maximum atomic E-state index is 15.1. The summed E-state index contributed by atoms with van der Waals surface area (Å²) >= 11 is 0. The third kappa shape index (κ3) is 5.58. The monoisotopic (exact) mass is 456 g/mol. The molecule has 0 aliphatic rings. The molecule has 0 saturated carbocycles. The van der Waals surface area contributed by atoms with Crippen molar-refractivity contribution in [1.29, 1.82) is 5.26 Å². The van der Waals surface area contributed by atoms with Gasteiger partial charge in [-0.3, -0.25) is 4.98 Å². The fourth-order valence-corrected chi connectivity index (χ4v) is 3.96. The molecule has 4 aromatic rings. The van der Waals surface area contributed by atoms with Crippen molar-refractivity contribution in [2.45, 2.75) is 39.0 Å². The number of aromatic nitrogens is 1. The van der Waals surface area contributed by atoms with Crippen molar-refractivity contribution in [2.75, 3.05) is 6.61 Å². The Morgan fingerprint density at radius 1 is 0.882 bits per heavy atom. The molecule has 0 aliphatic carbocycles. The second kappa shape index (κ2) is 10.9. The van der Waals surface area contributed by atoms with Gasteiger partial charge in [0.05, 0.1) is 18.4 Å². The molecule has 3 nitrogen and oxygen atoms in total. The summed E-state index contributed by atoms with van der Waals surface area (Å²) < 4.78 is 34.5. The molecule has 5 heteroatoms. The van der Waals surface area contributed by atoms with Crippen molar-refractivity contribution < 1.29 is 13.5 Å². The Hall–Kier alpha value is -3.78. The number of fused-ring (bicyclic) bond motifs is 1. The van der Waals surface area contributed by atoms with E-state index in [4.69, 9.17) is 10.00 Å². The number of rotatable bonds is 9. The molecule has 172 valence electrons. The average Bonchev–Trinajstić information content (AvgIpc) is 2.86. The molecule has 3 aromatic carbocycles. The molecular formula is C29H26F2N2O. The first kappa shape index (κ1) is 23.4. The summed E-state index contributed by atoms with van der Waals surface area (Å²) in [5.41, 5.74) is 3.47. The molecule has 0 radical (unpaired) electrons. The molecule has 34 heavy (non-hydrogen) atoms. The lowest BCUT2D eigenvalue weighted by molar-refractivity contribution is 0.316. The molecule has 0 unspecified atom stereocenters. The molecule has 4 rings (SSSR count). The zero-order valence-corrected chi connectivity index (χ0v) is 19.2. The smallest absolute Gasteiger partial charge is 0.141 e. The Bertz CT molecular complexity index is 1330. The van der Waals surface area contributed by atoms with Crippen molar-refractivity contribution in [1.82, 2.24) is 4.98 Å². The minimum absolute atomic E-state index is 0.0187. The fourth-order valence-electron chi connectivity index (χ4n) is 3.96. The number of hydrogen-bond acceptors (Lipinski definition) is 3. The molecule has 0 aliphatic heterocycles. The van der Waals surface area contributed by atoms with Crippen LogP contribution in [0.15, 0.2) is 66.9 Å². The Kier molecular flexibility index (Phi) is 7.49. The molecule has 0 amide bonds. The molecule has 0 saturated heterocycles. The van der Waals surface area contributed by atoms with Crippen LogP contribution in [-0.2, 0) is 25.7 Å². The minimum atomic E-state index is -0.539. The third-order valence-corrected chi connectivity index (χ3v) is 5.88. The molecule has 0 spiro atoms. The normalized spacial score (nSPS) is 10.9. The number of pyridine rings is 1. The quantitative estimate of drug-likeness (QED) is 0.280. The highest BCUT2D eigenvalue weighted by atomic mass is 19.1. The first-order valence-electron chi connectivity index (χ1n) is 11.5. The number of halogens is 2. The summed E-state index contributed by atoms with van der Waals surface area (Å²) in [4.78, 5) is 4.47. The topological polar surface area (TPSA) is 45.9 Å². The van der Waals surface area contributed by atoms with Gasteiger partial charge in [-0.15, -0.1) is 0 Å². The van der Waals surface area contributed by atoms with E-state index in [1.54, 1.807) is 18.3 Å². The van der Waals surface area contributed by atoms with Gasteiger partial charge in [-0.1, -0.05) is 43.3 Å². The van der Waals surface area contributed by atoms with E-state index in [1.165, 1.54) is 12.1 Å². The zero-order valence-electron chi connectivity index (χ0n) is 19.2. The summed E-state index contributed by atoms with van der Waals surface area (Å²) in [6, 6.07) is 19.8. The van der Waals surface area contributed by atoms with Gasteiger partial charge in [-0.05, 0) is 78.4 Å². The number of benzene rings is 3. The maximum absolute atomic E-state index is 15.1. The summed E-state index contributed by atoms with van der Waals surface area (Å²) in [6.45, 7) is 2.75. The number of hydrogen-bond donors (Lipinski definition) is 0. The third-order valence-electron chi connectivity index (χ3n) is 5.88. The van der Waals surface area contributed by atoms with E-state index < -0.39 is 5.82 Å². The number of ether oxygens (including phenoxy) is 1. The van der Waals surface area contributed by atoms with E-state index in [0.717, 1.165) is 47.2 Å². The zero-order chi connectivity index (χ0) is 23.9. The first-order valence-corrected chi connectivity index (χ1v) is 11.5. The lowest BCUT2D eigenvalue weighted by atomic mass is 9.97. The Labute approximate surface area is 198 Å². The molecule has 0 bridgehead atoms. The second-order valence-corrected chi connectivity index (χ2v) is 8.35. The Morgan fingerprint density at radius 3 is 2.41 bits per heavy atom. The van der Waals surface area contributed by atoms with Gasteiger partial charge in [0.1, 0.15) is 23.5 Å². The van der Waals surface area contributed by atoms with Gasteiger partial charge in [0.25, 0.3) is 0 Å². The standard InChI is InChI=1S/C29H26F2N2O/c1-2-15-34-26-13-12-25(33-19-26)11-5-20-6-14-27-23(16-20)10-9-22(29(27)31)7-3-21-4-8-24(18-32)28(30)17-21/h4,6,8-10,12-14,16-17,19H,2-3,5,7,11,15H2,1H3. The summed E-state index contributed by atoms with van der Waals surface area (Å²) in [5.74, 6) is 0.0110. The van der Waals surface area contributed by atoms with E-state index in [-0.39, 0.29) is 11.4 Å². The van der Waals surface area contributed by atoms with Gasteiger partial charge >= 0.3 is 0 Å². The van der Waals surface area contributed by atoms with E-state index in [2.05, 4.69) is 11.9 Å². The highest BCUT2D eigenvalue weighted by Crippen LogP contribution is 2.24. The van der Waals surface area contributed by atoms with E-state index in [0.29, 0.717) is 30.4 Å². The van der Waals surface area contributed by atoms with E-state index in [9.17, 15) is 4.39 Å². The van der Waals surface area contributed by atoms with Crippen LogP contribution in [0.4, 0.5) is 8.78 Å². The van der Waals surface area contributed by atoms with Crippen molar-refractivity contribution in [3.8, 4) is 11.8 Å². The van der Waals surface area contributed by atoms with Crippen LogP contribution in [0.1, 0.15) is 41.3 Å². The second-order valence-electron chi connectivity index (χ2n) is 8.35. The highest BCUT2D eigenvalue weighted by Gasteiger charge is 2.10. The average molecular weight is 457 g/mol. The molecule has 0 N–H and O–H groups in total. The summed E-state index contributed by atoms with van der Waals surface area (Å²) in [6.07, 6.45) is 5.28. The lowest BCUT2D eigenvalue weighted by Gasteiger charge is -2.09. The number of nitrogens with zero attached hydrogens (tertiary/aromatic N) is 2. The molecule has 1 aromatic heterocycles. The van der Waals surface area contributed by atoms with Crippen LogP contribution in [0.3, 0.4) is 0 Å². The van der Waals surface area contributed by atoms with E-state index in [1.807, 2.05) is 42.5 Å². The fraction of sp³-hybridized carbons (Fsp3) is 0.241.